The number of rotatable bonds is 5. The third kappa shape index (κ3) is 4.65. The maximum absolute atomic E-state index is 11.9. The molecule has 1 atom stereocenters. The quantitative estimate of drug-likeness (QED) is 0.802. The van der Waals surface area contributed by atoms with Crippen molar-refractivity contribution in [2.24, 2.45) is 5.92 Å². The molecule has 1 aromatic carbocycles. The minimum atomic E-state index is 0.0178. The molecule has 2 aromatic rings. The van der Waals surface area contributed by atoms with Gasteiger partial charge in [-0.15, -0.1) is 0 Å². The van der Waals surface area contributed by atoms with Crippen LogP contribution in [-0.2, 0) is 4.79 Å². The van der Waals surface area contributed by atoms with Gasteiger partial charge in [0.2, 0.25) is 11.9 Å². The van der Waals surface area contributed by atoms with Crippen molar-refractivity contribution in [1.29, 1.82) is 0 Å². The molecule has 138 valence electrons. The third-order valence-electron chi connectivity index (χ3n) is 5.16. The van der Waals surface area contributed by atoms with Crippen molar-refractivity contribution in [3.05, 3.63) is 53.3 Å². The average Bonchev–Trinajstić information content (AvgIpc) is 3.49. The van der Waals surface area contributed by atoms with Crippen LogP contribution < -0.4 is 10.6 Å². The lowest BCUT2D eigenvalue weighted by Gasteiger charge is -2.26. The van der Waals surface area contributed by atoms with Crippen molar-refractivity contribution < 1.29 is 4.79 Å². The molecule has 2 fully saturated rings. The zero-order chi connectivity index (χ0) is 18.6. The minimum Gasteiger partial charge on any atom is -0.351 e. The molecule has 2 N–H and O–H groups in total. The van der Waals surface area contributed by atoms with Crippen LogP contribution in [0.1, 0.15) is 61.8 Å². The van der Waals surface area contributed by atoms with E-state index in [-0.39, 0.29) is 17.9 Å². The predicted octanol–water partition coefficient (Wildman–Crippen LogP) is 3.43. The first-order valence-corrected chi connectivity index (χ1v) is 9.68. The van der Waals surface area contributed by atoms with Gasteiger partial charge in [-0.1, -0.05) is 24.0 Å². The molecule has 0 spiro atoms. The number of aromatic nitrogens is 2. The lowest BCUT2D eigenvalue weighted by Crippen LogP contribution is -2.27. The van der Waals surface area contributed by atoms with Crippen LogP contribution in [0, 0.1) is 17.8 Å². The Kier molecular flexibility index (Phi) is 5.06. The molecule has 27 heavy (non-hydrogen) atoms. The Balaban J connectivity index is 1.34. The predicted molar refractivity (Wildman–Crippen MR) is 105 cm³/mol. The summed E-state index contributed by atoms with van der Waals surface area (Å²) in [6.45, 7) is 2.01. The molecule has 0 aliphatic heterocycles. The van der Waals surface area contributed by atoms with Gasteiger partial charge >= 0.3 is 0 Å². The molecule has 0 bridgehead atoms. The number of hydrogen-bond donors (Lipinski definition) is 2. The molecule has 0 radical (unpaired) electrons. The summed E-state index contributed by atoms with van der Waals surface area (Å²) in [6, 6.07) is 8.54. The van der Waals surface area contributed by atoms with Gasteiger partial charge in [-0.2, -0.15) is 0 Å². The van der Waals surface area contributed by atoms with E-state index in [1.165, 1.54) is 19.3 Å². The Labute approximate surface area is 160 Å². The maximum atomic E-state index is 11.9. The first-order valence-electron chi connectivity index (χ1n) is 9.68. The van der Waals surface area contributed by atoms with Crippen molar-refractivity contribution in [2.75, 3.05) is 5.32 Å². The van der Waals surface area contributed by atoms with E-state index >= 15 is 0 Å². The summed E-state index contributed by atoms with van der Waals surface area (Å²) in [5.41, 5.74) is 2.81. The van der Waals surface area contributed by atoms with Gasteiger partial charge in [0.15, 0.2) is 0 Å². The summed E-state index contributed by atoms with van der Waals surface area (Å²) >= 11 is 0. The fraction of sp³-hybridized carbons (Fsp3) is 0.409. The van der Waals surface area contributed by atoms with E-state index < -0.39 is 0 Å². The van der Waals surface area contributed by atoms with Crippen LogP contribution in [0.5, 0.6) is 0 Å². The Hall–Kier alpha value is -2.87. The highest BCUT2D eigenvalue weighted by atomic mass is 16.2. The second kappa shape index (κ2) is 7.79. The van der Waals surface area contributed by atoms with Gasteiger partial charge in [-0.3, -0.25) is 4.79 Å². The lowest BCUT2D eigenvalue weighted by molar-refractivity contribution is -0.122. The topological polar surface area (TPSA) is 66.9 Å². The molecule has 2 saturated carbocycles. The van der Waals surface area contributed by atoms with Crippen LogP contribution in [0.3, 0.4) is 0 Å². The molecule has 0 saturated heterocycles. The number of amides is 1. The SMILES string of the molecule is CC(NC(=O)C1CC1)c1ccc(C#Cc2cnc(NC3CCC3)nc2)cc1. The lowest BCUT2D eigenvalue weighted by atomic mass is 9.93. The van der Waals surface area contributed by atoms with Gasteiger partial charge in [0.25, 0.3) is 0 Å². The first-order chi connectivity index (χ1) is 13.2. The van der Waals surface area contributed by atoms with Crippen molar-refractivity contribution in [2.45, 2.75) is 51.1 Å². The molecule has 5 heteroatoms. The average molecular weight is 360 g/mol. The van der Waals surface area contributed by atoms with E-state index in [1.54, 1.807) is 12.4 Å². The van der Waals surface area contributed by atoms with Crippen molar-refractivity contribution >= 4 is 11.9 Å². The van der Waals surface area contributed by atoms with Gasteiger partial charge in [0.05, 0.1) is 11.6 Å². The van der Waals surface area contributed by atoms with Crippen LogP contribution in [0.25, 0.3) is 0 Å². The number of carbonyl (C=O) groups excluding carboxylic acids is 1. The summed E-state index contributed by atoms with van der Waals surface area (Å²) in [5.74, 6) is 7.32. The molecule has 2 aliphatic carbocycles. The normalized spacial score (nSPS) is 17.2. The molecule has 1 amide bonds. The van der Waals surface area contributed by atoms with E-state index in [0.29, 0.717) is 12.0 Å². The summed E-state index contributed by atoms with van der Waals surface area (Å²) in [5, 5.41) is 6.38. The summed E-state index contributed by atoms with van der Waals surface area (Å²) in [7, 11) is 0. The summed E-state index contributed by atoms with van der Waals surface area (Å²) in [4.78, 5) is 20.5. The summed E-state index contributed by atoms with van der Waals surface area (Å²) in [6.07, 6.45) is 9.23. The van der Waals surface area contributed by atoms with E-state index in [1.807, 2.05) is 31.2 Å². The Morgan fingerprint density at radius 1 is 1.04 bits per heavy atom. The monoisotopic (exact) mass is 360 g/mol. The van der Waals surface area contributed by atoms with Gasteiger partial charge in [0.1, 0.15) is 0 Å². The van der Waals surface area contributed by atoms with Gasteiger partial charge in [0, 0.05) is 29.9 Å². The Morgan fingerprint density at radius 2 is 1.70 bits per heavy atom. The second-order valence-corrected chi connectivity index (χ2v) is 7.44. The standard InChI is InChI=1S/C22H24N4O/c1-15(25-21(27)19-11-12-19)18-9-7-16(8-10-18)5-6-17-13-23-22(24-14-17)26-20-3-2-4-20/h7-10,13-15,19-20H,2-4,11-12H2,1H3,(H,25,27)(H,23,24,26). The van der Waals surface area contributed by atoms with E-state index in [0.717, 1.165) is 29.5 Å². The van der Waals surface area contributed by atoms with Gasteiger partial charge < -0.3 is 10.6 Å². The zero-order valence-corrected chi connectivity index (χ0v) is 15.5. The minimum absolute atomic E-state index is 0.0178. The zero-order valence-electron chi connectivity index (χ0n) is 15.5. The van der Waals surface area contributed by atoms with Crippen LogP contribution in [0.2, 0.25) is 0 Å². The number of nitrogens with one attached hydrogen (secondary N) is 2. The smallest absolute Gasteiger partial charge is 0.223 e. The van der Waals surface area contributed by atoms with Crippen LogP contribution >= 0.6 is 0 Å². The summed E-state index contributed by atoms with van der Waals surface area (Å²) < 4.78 is 0. The number of hydrogen-bond acceptors (Lipinski definition) is 4. The van der Waals surface area contributed by atoms with E-state index in [2.05, 4.69) is 32.4 Å². The van der Waals surface area contributed by atoms with Crippen molar-refractivity contribution in [3.8, 4) is 11.8 Å². The van der Waals surface area contributed by atoms with Gasteiger partial charge in [-0.05, 0) is 56.7 Å². The molecule has 2 aliphatic rings. The molecular formula is C22H24N4O. The largest absolute Gasteiger partial charge is 0.351 e. The van der Waals surface area contributed by atoms with Gasteiger partial charge in [-0.25, -0.2) is 9.97 Å². The highest BCUT2D eigenvalue weighted by molar-refractivity contribution is 5.81. The highest BCUT2D eigenvalue weighted by Crippen LogP contribution is 2.29. The van der Waals surface area contributed by atoms with E-state index in [9.17, 15) is 4.79 Å². The Morgan fingerprint density at radius 3 is 2.30 bits per heavy atom. The molecule has 4 rings (SSSR count). The molecule has 1 unspecified atom stereocenters. The number of nitrogens with zero attached hydrogens (tertiary/aromatic N) is 2. The molecular weight excluding hydrogens is 336 g/mol. The van der Waals surface area contributed by atoms with Crippen LogP contribution in [-0.4, -0.2) is 21.9 Å². The van der Waals surface area contributed by atoms with Crippen molar-refractivity contribution in [1.82, 2.24) is 15.3 Å². The Bertz CT molecular complexity index is 856. The number of anilines is 1. The highest BCUT2D eigenvalue weighted by Gasteiger charge is 2.30. The number of carbonyl (C=O) groups is 1. The fourth-order valence-electron chi connectivity index (χ4n) is 2.96. The van der Waals surface area contributed by atoms with E-state index in [4.69, 9.17) is 0 Å². The molecule has 5 nitrogen and oxygen atoms in total. The fourth-order valence-corrected chi connectivity index (χ4v) is 2.96. The molecule has 1 heterocycles. The first kappa shape index (κ1) is 17.5. The van der Waals surface area contributed by atoms with Crippen molar-refractivity contribution in [3.63, 3.8) is 0 Å². The number of benzene rings is 1. The third-order valence-corrected chi connectivity index (χ3v) is 5.16. The maximum Gasteiger partial charge on any atom is 0.223 e. The molecule has 1 aromatic heterocycles. The van der Waals surface area contributed by atoms with Crippen LogP contribution in [0.15, 0.2) is 36.7 Å². The second-order valence-electron chi connectivity index (χ2n) is 7.44. The van der Waals surface area contributed by atoms with Crippen LogP contribution in [0.4, 0.5) is 5.95 Å².